The molecule has 2 aromatic heterocycles. The fourth-order valence-electron chi connectivity index (χ4n) is 3.37. The molecule has 3 aromatic rings. The van der Waals surface area contributed by atoms with E-state index >= 15 is 0 Å². The highest BCUT2D eigenvalue weighted by Crippen LogP contribution is 2.28. The van der Waals surface area contributed by atoms with Crippen LogP contribution in [0.5, 0.6) is 0 Å². The third kappa shape index (κ3) is 3.98. The minimum absolute atomic E-state index is 0.169. The summed E-state index contributed by atoms with van der Waals surface area (Å²) in [5, 5.41) is 12.9. The van der Waals surface area contributed by atoms with Crippen molar-refractivity contribution in [2.75, 3.05) is 18.0 Å². The lowest BCUT2D eigenvalue weighted by molar-refractivity contribution is 0.479. The van der Waals surface area contributed by atoms with Gasteiger partial charge in [-0.1, -0.05) is 6.07 Å². The number of anilines is 1. The minimum Gasteiger partial charge on any atom is -0.435 e. The van der Waals surface area contributed by atoms with Crippen molar-refractivity contribution in [3.05, 3.63) is 66.0 Å². The normalized spacial score (nSPS) is 13.2. The van der Waals surface area contributed by atoms with E-state index in [-0.39, 0.29) is 5.90 Å². The van der Waals surface area contributed by atoms with Crippen LogP contribution in [0.1, 0.15) is 25.2 Å². The zero-order valence-corrected chi connectivity index (χ0v) is 18.0. The molecule has 0 amide bonds. The van der Waals surface area contributed by atoms with E-state index in [0.717, 1.165) is 36.3 Å². The van der Waals surface area contributed by atoms with E-state index in [1.165, 1.54) is 10.6 Å². The maximum absolute atomic E-state index is 10.5. The number of pyridine rings is 1. The average molecular weight is 427 g/mol. The summed E-state index contributed by atoms with van der Waals surface area (Å²) in [7, 11) is 0. The molecule has 0 saturated heterocycles. The van der Waals surface area contributed by atoms with Crippen molar-refractivity contribution in [3.63, 3.8) is 0 Å². The molecule has 0 fully saturated rings. The van der Waals surface area contributed by atoms with Crippen LogP contribution in [-0.4, -0.2) is 50.5 Å². The Morgan fingerprint density at radius 2 is 1.97 bits per heavy atom. The van der Waals surface area contributed by atoms with Crippen LogP contribution >= 0.6 is 0 Å². The third-order valence-electron chi connectivity index (χ3n) is 4.97. The molecule has 0 aliphatic carbocycles. The predicted octanol–water partition coefficient (Wildman–Crippen LogP) is 3.31. The van der Waals surface area contributed by atoms with Crippen molar-refractivity contribution >= 4 is 28.9 Å². The van der Waals surface area contributed by atoms with Crippen molar-refractivity contribution in [2.45, 2.75) is 20.8 Å². The van der Waals surface area contributed by atoms with Crippen LogP contribution in [0.4, 0.5) is 11.4 Å². The summed E-state index contributed by atoms with van der Waals surface area (Å²) < 4.78 is 7.02. The van der Waals surface area contributed by atoms with Crippen LogP contribution in [0, 0.1) is 6.92 Å². The number of carbonyl (C=O) groups excluding carboxylic acids is 1. The van der Waals surface area contributed by atoms with Gasteiger partial charge >= 0.3 is 0 Å². The molecule has 0 radical (unpaired) electrons. The molecule has 1 aliphatic rings. The van der Waals surface area contributed by atoms with Gasteiger partial charge in [0.05, 0.1) is 5.69 Å². The van der Waals surface area contributed by atoms with Crippen molar-refractivity contribution in [2.24, 2.45) is 10.1 Å². The van der Waals surface area contributed by atoms with Gasteiger partial charge in [0.25, 0.3) is 5.90 Å². The molecular weight excluding hydrogens is 406 g/mol. The maximum atomic E-state index is 10.5. The molecule has 1 aromatic carbocycles. The van der Waals surface area contributed by atoms with E-state index in [9.17, 15) is 4.79 Å². The topological polar surface area (TPSA) is 97.9 Å². The van der Waals surface area contributed by atoms with Crippen LogP contribution < -0.4 is 4.90 Å². The van der Waals surface area contributed by atoms with Crippen molar-refractivity contribution in [1.82, 2.24) is 19.9 Å². The Morgan fingerprint density at radius 1 is 1.16 bits per heavy atom. The van der Waals surface area contributed by atoms with Gasteiger partial charge in [0.1, 0.15) is 12.0 Å². The zero-order chi connectivity index (χ0) is 22.5. The number of nitrogens with zero attached hydrogens (tertiary/aromatic N) is 7. The number of rotatable bonds is 6. The SMILES string of the molecule is CCN(CC)c1ccc(N=C2C(OC=C=C=O)=Nn3c2nnc3-c2ccccn2)c(C)c1. The smallest absolute Gasteiger partial charge is 0.267 e. The Bertz CT molecular complexity index is 1280. The molecule has 160 valence electrons. The largest absolute Gasteiger partial charge is 0.435 e. The zero-order valence-electron chi connectivity index (χ0n) is 18.0. The monoisotopic (exact) mass is 427 g/mol. The number of ether oxygens (including phenoxy) is 1. The summed E-state index contributed by atoms with van der Waals surface area (Å²) in [6.45, 7) is 8.09. The minimum atomic E-state index is 0.169. The fourth-order valence-corrected chi connectivity index (χ4v) is 3.37. The van der Waals surface area contributed by atoms with Crippen molar-refractivity contribution in [1.29, 1.82) is 0 Å². The van der Waals surface area contributed by atoms with Gasteiger partial charge in [-0.2, -0.15) is 4.68 Å². The van der Waals surface area contributed by atoms with Gasteiger partial charge in [-0.25, -0.2) is 9.79 Å². The van der Waals surface area contributed by atoms with Crippen LogP contribution in [0.3, 0.4) is 0 Å². The van der Waals surface area contributed by atoms with E-state index in [1.807, 2.05) is 37.3 Å². The second kappa shape index (κ2) is 9.22. The Kier molecular flexibility index (Phi) is 6.03. The molecule has 9 nitrogen and oxygen atoms in total. The number of aliphatic imine (C=N–C) groups is 1. The van der Waals surface area contributed by atoms with Gasteiger partial charge in [0.2, 0.25) is 11.6 Å². The van der Waals surface area contributed by atoms with E-state index in [2.05, 4.69) is 50.8 Å². The third-order valence-corrected chi connectivity index (χ3v) is 4.97. The van der Waals surface area contributed by atoms with Crippen LogP contribution in [0.15, 0.2) is 64.7 Å². The van der Waals surface area contributed by atoms with Crippen LogP contribution in [0.2, 0.25) is 0 Å². The second-order valence-corrected chi connectivity index (χ2v) is 6.86. The summed E-state index contributed by atoms with van der Waals surface area (Å²) in [6.07, 6.45) is 2.75. The van der Waals surface area contributed by atoms with Gasteiger partial charge in [0.15, 0.2) is 11.7 Å². The van der Waals surface area contributed by atoms with Gasteiger partial charge in [0, 0.05) is 30.7 Å². The van der Waals surface area contributed by atoms with Gasteiger partial charge in [-0.05, 0) is 56.7 Å². The molecule has 9 heteroatoms. The summed E-state index contributed by atoms with van der Waals surface area (Å²) in [4.78, 5) is 21.8. The number of aryl methyl sites for hydroxylation is 1. The highest BCUT2D eigenvalue weighted by molar-refractivity contribution is 6.46. The molecule has 32 heavy (non-hydrogen) atoms. The standard InChI is InChI=1S/C23H21N7O2/c1-4-29(5-2)17-10-11-18(16(3)15-17)25-20-22-27-26-21(19-9-6-7-12-24-19)30(22)28-23(20)32-14-8-13-31/h6-7,9-12,14-15H,4-5H2,1-3H3. The number of hydrogen-bond donors (Lipinski definition) is 0. The Balaban J connectivity index is 1.78. The molecule has 0 saturated carbocycles. The lowest BCUT2D eigenvalue weighted by Crippen LogP contribution is -2.21. The lowest BCUT2D eigenvalue weighted by Gasteiger charge is -2.21. The summed E-state index contributed by atoms with van der Waals surface area (Å²) in [6, 6.07) is 11.6. The van der Waals surface area contributed by atoms with Gasteiger partial charge in [-0.15, -0.1) is 15.3 Å². The molecular formula is C23H21N7O2. The number of fused-ring (bicyclic) bond motifs is 1. The van der Waals surface area contributed by atoms with Crippen molar-refractivity contribution in [3.8, 4) is 11.5 Å². The van der Waals surface area contributed by atoms with E-state index in [4.69, 9.17) is 9.73 Å². The van der Waals surface area contributed by atoms with Crippen LogP contribution in [0.25, 0.3) is 11.5 Å². The summed E-state index contributed by atoms with van der Waals surface area (Å²) in [5.41, 5.74) is 6.09. The molecule has 3 heterocycles. The lowest BCUT2D eigenvalue weighted by atomic mass is 10.1. The first-order valence-electron chi connectivity index (χ1n) is 10.2. The highest BCUT2D eigenvalue weighted by Gasteiger charge is 2.30. The van der Waals surface area contributed by atoms with Gasteiger partial charge < -0.3 is 9.64 Å². The molecule has 0 spiro atoms. The maximum Gasteiger partial charge on any atom is 0.267 e. The average Bonchev–Trinajstić information content (AvgIpc) is 3.37. The fraction of sp³-hybridized carbons (Fsp3) is 0.217. The summed E-state index contributed by atoms with van der Waals surface area (Å²) in [5.74, 6) is 2.56. The molecule has 1 aliphatic heterocycles. The Hall–Kier alpha value is -4.32. The number of aromatic nitrogens is 4. The second-order valence-electron chi connectivity index (χ2n) is 6.86. The quantitative estimate of drug-likeness (QED) is 0.340. The summed E-state index contributed by atoms with van der Waals surface area (Å²) >= 11 is 0. The Labute approximate surface area is 185 Å². The van der Waals surface area contributed by atoms with Crippen LogP contribution in [-0.2, 0) is 9.53 Å². The first-order valence-corrected chi connectivity index (χ1v) is 10.2. The number of hydrogen-bond acceptors (Lipinski definition) is 8. The highest BCUT2D eigenvalue weighted by atomic mass is 16.5. The first-order chi connectivity index (χ1) is 15.7. The molecule has 0 bridgehead atoms. The predicted molar refractivity (Wildman–Crippen MR) is 122 cm³/mol. The van der Waals surface area contributed by atoms with E-state index in [0.29, 0.717) is 23.1 Å². The molecule has 4 rings (SSSR count). The molecule has 0 N–H and O–H groups in total. The van der Waals surface area contributed by atoms with Gasteiger partial charge in [-0.3, -0.25) is 4.98 Å². The number of benzene rings is 1. The molecule has 0 atom stereocenters. The first kappa shape index (κ1) is 20.9. The Morgan fingerprint density at radius 3 is 2.66 bits per heavy atom. The van der Waals surface area contributed by atoms with E-state index < -0.39 is 0 Å². The molecule has 0 unspecified atom stereocenters. The van der Waals surface area contributed by atoms with Crippen molar-refractivity contribution < 1.29 is 9.53 Å². The van der Waals surface area contributed by atoms with E-state index in [1.54, 1.807) is 6.20 Å².